The number of aromatic nitrogens is 1. The number of thiophene rings is 1. The third-order valence-corrected chi connectivity index (χ3v) is 4.26. The average molecular weight is 233 g/mol. The summed E-state index contributed by atoms with van der Waals surface area (Å²) in [5.74, 6) is 0. The Labute approximate surface area is 102 Å². The molecule has 0 radical (unpaired) electrons. The van der Waals surface area contributed by atoms with Gasteiger partial charge in [0.15, 0.2) is 0 Å². The summed E-state index contributed by atoms with van der Waals surface area (Å²) in [6.45, 7) is 4.36. The number of pyridine rings is 1. The Morgan fingerprint density at radius 2 is 2.12 bits per heavy atom. The number of hydrogen-bond acceptors (Lipinski definition) is 2. The Kier molecular flexibility index (Phi) is 3.94. The van der Waals surface area contributed by atoms with Crippen molar-refractivity contribution in [2.45, 2.75) is 46.0 Å². The summed E-state index contributed by atoms with van der Waals surface area (Å²) in [6, 6.07) is 4.45. The van der Waals surface area contributed by atoms with Gasteiger partial charge in [0.2, 0.25) is 0 Å². The van der Waals surface area contributed by atoms with Crippen LogP contribution in [0.3, 0.4) is 0 Å². The van der Waals surface area contributed by atoms with Crippen LogP contribution < -0.4 is 0 Å². The van der Waals surface area contributed by atoms with Crippen LogP contribution in [0.4, 0.5) is 0 Å². The van der Waals surface area contributed by atoms with Crippen LogP contribution in [0.15, 0.2) is 18.3 Å². The summed E-state index contributed by atoms with van der Waals surface area (Å²) in [5, 5.41) is 1.36. The predicted molar refractivity (Wildman–Crippen MR) is 72.2 cm³/mol. The average Bonchev–Trinajstić information content (AvgIpc) is 2.69. The van der Waals surface area contributed by atoms with Crippen LogP contribution in [0.1, 0.15) is 43.2 Å². The van der Waals surface area contributed by atoms with Crippen LogP contribution in [-0.4, -0.2) is 4.98 Å². The zero-order valence-electron chi connectivity index (χ0n) is 10.1. The van der Waals surface area contributed by atoms with Crippen molar-refractivity contribution in [1.29, 1.82) is 0 Å². The SMILES string of the molecule is CCCCCCc1cc2ccnc(C)c2s1. The summed E-state index contributed by atoms with van der Waals surface area (Å²) in [6.07, 6.45) is 8.51. The molecular weight excluding hydrogens is 214 g/mol. The lowest BCUT2D eigenvalue weighted by molar-refractivity contribution is 0.670. The lowest BCUT2D eigenvalue weighted by atomic mass is 10.1. The number of rotatable bonds is 5. The molecule has 0 fully saturated rings. The Hall–Kier alpha value is -0.890. The molecule has 0 saturated heterocycles. The van der Waals surface area contributed by atoms with Crippen molar-refractivity contribution in [2.24, 2.45) is 0 Å². The van der Waals surface area contributed by atoms with Crippen molar-refractivity contribution >= 4 is 21.4 Å². The molecule has 2 aromatic rings. The number of aryl methyl sites for hydroxylation is 2. The van der Waals surface area contributed by atoms with Crippen molar-refractivity contribution in [1.82, 2.24) is 4.98 Å². The van der Waals surface area contributed by atoms with Crippen molar-refractivity contribution in [3.8, 4) is 0 Å². The van der Waals surface area contributed by atoms with E-state index in [0.29, 0.717) is 0 Å². The van der Waals surface area contributed by atoms with Gasteiger partial charge in [-0.15, -0.1) is 11.3 Å². The third-order valence-electron chi connectivity index (χ3n) is 2.94. The van der Waals surface area contributed by atoms with Gasteiger partial charge in [-0.1, -0.05) is 26.2 Å². The first-order chi connectivity index (χ1) is 7.81. The smallest absolute Gasteiger partial charge is 0.0558 e. The second-order valence-corrected chi connectivity index (χ2v) is 5.47. The molecule has 2 rings (SSSR count). The van der Waals surface area contributed by atoms with E-state index in [-0.39, 0.29) is 0 Å². The highest BCUT2D eigenvalue weighted by Gasteiger charge is 2.04. The van der Waals surface area contributed by atoms with Gasteiger partial charge in [0.25, 0.3) is 0 Å². The minimum absolute atomic E-state index is 1.17. The highest BCUT2D eigenvalue weighted by Crippen LogP contribution is 2.28. The third kappa shape index (κ3) is 2.62. The van der Waals surface area contributed by atoms with Crippen LogP contribution in [0.25, 0.3) is 10.1 Å². The maximum atomic E-state index is 4.34. The van der Waals surface area contributed by atoms with Crippen molar-refractivity contribution in [2.75, 3.05) is 0 Å². The maximum absolute atomic E-state index is 4.34. The van der Waals surface area contributed by atoms with E-state index in [4.69, 9.17) is 0 Å². The normalized spacial score (nSPS) is 11.1. The molecule has 0 saturated carbocycles. The largest absolute Gasteiger partial charge is 0.260 e. The Morgan fingerprint density at radius 3 is 2.88 bits per heavy atom. The molecule has 0 aliphatic rings. The summed E-state index contributed by atoms with van der Waals surface area (Å²) in [7, 11) is 0. The highest BCUT2D eigenvalue weighted by atomic mass is 32.1. The van der Waals surface area contributed by atoms with E-state index in [1.54, 1.807) is 0 Å². The van der Waals surface area contributed by atoms with Crippen LogP contribution >= 0.6 is 11.3 Å². The van der Waals surface area contributed by atoms with Gasteiger partial charge in [-0.25, -0.2) is 0 Å². The van der Waals surface area contributed by atoms with Gasteiger partial charge in [-0.2, -0.15) is 0 Å². The zero-order valence-corrected chi connectivity index (χ0v) is 10.9. The van der Waals surface area contributed by atoms with E-state index >= 15 is 0 Å². The van der Waals surface area contributed by atoms with E-state index < -0.39 is 0 Å². The Morgan fingerprint density at radius 1 is 1.25 bits per heavy atom. The van der Waals surface area contributed by atoms with Crippen molar-refractivity contribution < 1.29 is 0 Å². The van der Waals surface area contributed by atoms with Gasteiger partial charge in [0, 0.05) is 11.1 Å². The monoisotopic (exact) mass is 233 g/mol. The summed E-state index contributed by atoms with van der Waals surface area (Å²) in [5.41, 5.74) is 1.17. The molecule has 2 aromatic heterocycles. The molecule has 0 N–H and O–H groups in total. The van der Waals surface area contributed by atoms with Crippen molar-refractivity contribution in [3.63, 3.8) is 0 Å². The molecule has 2 heteroatoms. The predicted octanol–water partition coefficient (Wildman–Crippen LogP) is 4.73. The fourth-order valence-electron chi connectivity index (χ4n) is 2.00. The molecule has 0 spiro atoms. The molecule has 0 atom stereocenters. The van der Waals surface area contributed by atoms with Gasteiger partial charge in [0.05, 0.1) is 10.4 Å². The molecule has 0 unspecified atom stereocenters. The second kappa shape index (κ2) is 5.44. The number of unbranched alkanes of at least 4 members (excludes halogenated alkanes) is 3. The van der Waals surface area contributed by atoms with Crippen LogP contribution in [-0.2, 0) is 6.42 Å². The molecule has 0 amide bonds. The molecule has 16 heavy (non-hydrogen) atoms. The van der Waals surface area contributed by atoms with E-state index in [0.717, 1.165) is 0 Å². The van der Waals surface area contributed by atoms with E-state index in [1.807, 2.05) is 17.5 Å². The van der Waals surface area contributed by atoms with Gasteiger partial charge in [0.1, 0.15) is 0 Å². The minimum atomic E-state index is 1.17. The maximum Gasteiger partial charge on any atom is 0.0558 e. The van der Waals surface area contributed by atoms with E-state index in [1.165, 1.54) is 52.8 Å². The van der Waals surface area contributed by atoms with Crippen LogP contribution in [0, 0.1) is 6.92 Å². The van der Waals surface area contributed by atoms with Crippen LogP contribution in [0.5, 0.6) is 0 Å². The highest BCUT2D eigenvalue weighted by molar-refractivity contribution is 7.19. The Bertz CT molecular complexity index is 459. The number of hydrogen-bond donors (Lipinski definition) is 0. The van der Waals surface area contributed by atoms with Gasteiger partial charge in [-0.3, -0.25) is 4.98 Å². The van der Waals surface area contributed by atoms with Gasteiger partial charge >= 0.3 is 0 Å². The topological polar surface area (TPSA) is 12.9 Å². The van der Waals surface area contributed by atoms with E-state index in [2.05, 4.69) is 31.0 Å². The summed E-state index contributed by atoms with van der Waals surface area (Å²) in [4.78, 5) is 5.86. The van der Waals surface area contributed by atoms with Crippen molar-refractivity contribution in [3.05, 3.63) is 28.9 Å². The quantitative estimate of drug-likeness (QED) is 0.680. The number of nitrogens with zero attached hydrogens (tertiary/aromatic N) is 1. The molecule has 0 bridgehead atoms. The summed E-state index contributed by atoms with van der Waals surface area (Å²) < 4.78 is 1.37. The van der Waals surface area contributed by atoms with Gasteiger partial charge in [-0.05, 0) is 37.3 Å². The fraction of sp³-hybridized carbons (Fsp3) is 0.500. The standard InChI is InChI=1S/C14H19NS/c1-3-4-5-6-7-13-10-12-8-9-15-11(2)14(12)16-13/h8-10H,3-7H2,1-2H3. The second-order valence-electron chi connectivity index (χ2n) is 4.34. The number of fused-ring (bicyclic) bond motifs is 1. The molecular formula is C14H19NS. The first-order valence-electron chi connectivity index (χ1n) is 6.15. The van der Waals surface area contributed by atoms with E-state index in [9.17, 15) is 0 Å². The Balaban J connectivity index is 2.05. The molecule has 86 valence electrons. The van der Waals surface area contributed by atoms with Crippen LogP contribution in [0.2, 0.25) is 0 Å². The first kappa shape index (κ1) is 11.6. The lowest BCUT2D eigenvalue weighted by Crippen LogP contribution is -1.80. The van der Waals surface area contributed by atoms with Gasteiger partial charge < -0.3 is 0 Å². The minimum Gasteiger partial charge on any atom is -0.260 e. The molecule has 0 aliphatic carbocycles. The molecule has 0 aromatic carbocycles. The zero-order chi connectivity index (χ0) is 11.4. The lowest BCUT2D eigenvalue weighted by Gasteiger charge is -1.96. The first-order valence-corrected chi connectivity index (χ1v) is 6.97. The molecule has 2 heterocycles. The molecule has 0 aliphatic heterocycles. The molecule has 1 nitrogen and oxygen atoms in total. The summed E-state index contributed by atoms with van der Waals surface area (Å²) >= 11 is 1.92. The fourth-order valence-corrected chi connectivity index (χ4v) is 3.14.